The molecule has 0 radical (unpaired) electrons. The summed E-state index contributed by atoms with van der Waals surface area (Å²) in [7, 11) is 0. The number of rotatable bonds is 4. The number of halogens is 4. The average Bonchev–Trinajstić information content (AvgIpc) is 2.40. The van der Waals surface area contributed by atoms with Crippen LogP contribution >= 0.6 is 40.7 Å². The monoisotopic (exact) mass is 398 g/mol. The van der Waals surface area contributed by atoms with Crippen molar-refractivity contribution in [1.82, 2.24) is 10.2 Å². The molecular formula is C15H22BrCl2FN2. The highest BCUT2D eigenvalue weighted by atomic mass is 79.9. The quantitative estimate of drug-likeness (QED) is 0.757. The molecule has 0 aromatic heterocycles. The molecule has 0 unspecified atom stereocenters. The lowest BCUT2D eigenvalue weighted by atomic mass is 9.97. The molecule has 1 heterocycles. The molecule has 1 fully saturated rings. The summed E-state index contributed by atoms with van der Waals surface area (Å²) < 4.78 is 15.1. The topological polar surface area (TPSA) is 15.3 Å². The maximum Gasteiger partial charge on any atom is 0.128 e. The third kappa shape index (κ3) is 5.87. The van der Waals surface area contributed by atoms with Gasteiger partial charge in [-0.15, -0.1) is 31.4 Å². The van der Waals surface area contributed by atoms with Gasteiger partial charge < -0.3 is 5.32 Å². The van der Waals surface area contributed by atoms with Gasteiger partial charge in [-0.05, 0) is 31.5 Å². The Morgan fingerprint density at radius 3 is 2.57 bits per heavy atom. The second-order valence-corrected chi connectivity index (χ2v) is 6.04. The van der Waals surface area contributed by atoms with Gasteiger partial charge in [-0.1, -0.05) is 21.5 Å². The lowest BCUT2D eigenvalue weighted by Crippen LogP contribution is -2.45. The van der Waals surface area contributed by atoms with Crippen LogP contribution in [0.3, 0.4) is 0 Å². The molecule has 0 bridgehead atoms. The zero-order valence-electron chi connectivity index (χ0n) is 12.1. The van der Waals surface area contributed by atoms with Gasteiger partial charge in [-0.2, -0.15) is 0 Å². The van der Waals surface area contributed by atoms with Gasteiger partial charge in [-0.3, -0.25) is 4.90 Å². The summed E-state index contributed by atoms with van der Waals surface area (Å²) >= 11 is 3.43. The van der Waals surface area contributed by atoms with E-state index in [1.807, 2.05) is 13.0 Å². The van der Waals surface area contributed by atoms with Crippen LogP contribution in [0.2, 0.25) is 0 Å². The first-order chi connectivity index (χ1) is 9.08. The van der Waals surface area contributed by atoms with Gasteiger partial charge in [0.15, 0.2) is 0 Å². The van der Waals surface area contributed by atoms with Crippen LogP contribution in [0.5, 0.6) is 0 Å². The fourth-order valence-electron chi connectivity index (χ4n) is 2.53. The Hall–Kier alpha value is -0.130. The van der Waals surface area contributed by atoms with E-state index in [9.17, 15) is 4.39 Å². The van der Waals surface area contributed by atoms with Crippen LogP contribution in [0.15, 0.2) is 34.8 Å². The Balaban J connectivity index is 0.00000200. The van der Waals surface area contributed by atoms with E-state index < -0.39 is 0 Å². The highest BCUT2D eigenvalue weighted by Gasteiger charge is 2.24. The summed E-state index contributed by atoms with van der Waals surface area (Å²) in [5.74, 6) is -0.131. The second-order valence-electron chi connectivity index (χ2n) is 5.13. The summed E-state index contributed by atoms with van der Waals surface area (Å²) in [6.07, 6.45) is 0.799. The van der Waals surface area contributed by atoms with Crippen LogP contribution in [0.25, 0.3) is 0 Å². The summed E-state index contributed by atoms with van der Waals surface area (Å²) in [5, 5.41) is 3.33. The fraction of sp³-hybridized carbons (Fsp3) is 0.467. The Bertz CT molecular complexity index is 465. The molecule has 2 rings (SSSR count). The predicted octanol–water partition coefficient (Wildman–Crippen LogP) is 4.34. The standard InChI is InChI=1S/C15H20BrFN2.2ClH/c1-11(2)9-15(19-7-5-18-6-8-19)13-10-12(16)3-4-14(13)17;;/h3-4,10,15,18H,1,5-9H2,2H3;2*1H/t15-;;/m1../s1. The van der Waals surface area contributed by atoms with E-state index >= 15 is 0 Å². The predicted molar refractivity (Wildman–Crippen MR) is 95.2 cm³/mol. The molecule has 1 aliphatic heterocycles. The maximum atomic E-state index is 14.1. The van der Waals surface area contributed by atoms with Crippen LogP contribution in [0.4, 0.5) is 4.39 Å². The summed E-state index contributed by atoms with van der Waals surface area (Å²) in [5.41, 5.74) is 1.85. The van der Waals surface area contributed by atoms with Gasteiger partial charge >= 0.3 is 0 Å². The molecule has 1 atom stereocenters. The Morgan fingerprint density at radius 2 is 2.00 bits per heavy atom. The molecule has 2 nitrogen and oxygen atoms in total. The van der Waals surface area contributed by atoms with E-state index in [4.69, 9.17) is 0 Å². The summed E-state index contributed by atoms with van der Waals surface area (Å²) in [4.78, 5) is 2.34. The van der Waals surface area contributed by atoms with Gasteiger partial charge in [0.25, 0.3) is 0 Å². The van der Waals surface area contributed by atoms with E-state index in [0.29, 0.717) is 0 Å². The molecule has 6 heteroatoms. The Morgan fingerprint density at radius 1 is 1.38 bits per heavy atom. The normalized spacial score (nSPS) is 16.5. The van der Waals surface area contributed by atoms with Gasteiger partial charge in [0.05, 0.1) is 0 Å². The Labute approximate surface area is 147 Å². The SMILES string of the molecule is C=C(C)C[C@H](c1cc(Br)ccc1F)N1CCNCC1.Cl.Cl. The van der Waals surface area contributed by atoms with Crippen molar-refractivity contribution in [3.8, 4) is 0 Å². The number of nitrogens with one attached hydrogen (secondary N) is 1. The van der Waals surface area contributed by atoms with Crippen LogP contribution in [0.1, 0.15) is 24.9 Å². The Kier molecular flexibility index (Phi) is 9.74. The van der Waals surface area contributed by atoms with Crippen molar-refractivity contribution in [2.24, 2.45) is 0 Å². The third-order valence-corrected chi connectivity index (χ3v) is 3.94. The number of hydrogen-bond donors (Lipinski definition) is 1. The minimum Gasteiger partial charge on any atom is -0.314 e. The summed E-state index contributed by atoms with van der Waals surface area (Å²) in [6, 6.07) is 5.25. The molecule has 120 valence electrons. The van der Waals surface area contributed by atoms with Crippen molar-refractivity contribution in [2.45, 2.75) is 19.4 Å². The first kappa shape index (κ1) is 20.9. The van der Waals surface area contributed by atoms with Crippen molar-refractivity contribution in [3.05, 3.63) is 46.2 Å². The first-order valence-electron chi connectivity index (χ1n) is 6.62. The minimum atomic E-state index is -0.131. The summed E-state index contributed by atoms with van der Waals surface area (Å²) in [6.45, 7) is 9.81. The molecule has 1 aromatic carbocycles. The highest BCUT2D eigenvalue weighted by Crippen LogP contribution is 2.31. The van der Waals surface area contributed by atoms with Crippen LogP contribution in [-0.4, -0.2) is 31.1 Å². The first-order valence-corrected chi connectivity index (χ1v) is 7.41. The van der Waals surface area contributed by atoms with Crippen molar-refractivity contribution in [2.75, 3.05) is 26.2 Å². The highest BCUT2D eigenvalue weighted by molar-refractivity contribution is 9.10. The van der Waals surface area contributed by atoms with Crippen LogP contribution in [0, 0.1) is 5.82 Å². The van der Waals surface area contributed by atoms with Gasteiger partial charge in [0, 0.05) is 42.3 Å². The lowest BCUT2D eigenvalue weighted by Gasteiger charge is -2.35. The number of nitrogens with zero attached hydrogens (tertiary/aromatic N) is 1. The zero-order chi connectivity index (χ0) is 13.8. The minimum absolute atomic E-state index is 0. The number of hydrogen-bond acceptors (Lipinski definition) is 2. The second kappa shape index (κ2) is 9.80. The largest absolute Gasteiger partial charge is 0.314 e. The fourth-order valence-corrected chi connectivity index (χ4v) is 2.91. The average molecular weight is 400 g/mol. The number of piperazine rings is 1. The zero-order valence-corrected chi connectivity index (χ0v) is 15.3. The van der Waals surface area contributed by atoms with Gasteiger partial charge in [0.1, 0.15) is 5.82 Å². The molecule has 1 aliphatic rings. The van der Waals surface area contributed by atoms with Crippen LogP contribution < -0.4 is 5.32 Å². The molecule has 0 spiro atoms. The molecule has 0 saturated carbocycles. The smallest absolute Gasteiger partial charge is 0.128 e. The van der Waals surface area contributed by atoms with E-state index in [0.717, 1.165) is 48.2 Å². The lowest BCUT2D eigenvalue weighted by molar-refractivity contribution is 0.169. The molecular weight excluding hydrogens is 378 g/mol. The van der Waals surface area contributed by atoms with Crippen LogP contribution in [-0.2, 0) is 0 Å². The molecule has 0 aliphatic carbocycles. The molecule has 21 heavy (non-hydrogen) atoms. The van der Waals surface area contributed by atoms with Crippen molar-refractivity contribution < 1.29 is 4.39 Å². The van der Waals surface area contributed by atoms with Gasteiger partial charge in [0.2, 0.25) is 0 Å². The molecule has 1 aromatic rings. The van der Waals surface area contributed by atoms with Gasteiger partial charge in [-0.25, -0.2) is 4.39 Å². The maximum absolute atomic E-state index is 14.1. The van der Waals surface area contributed by atoms with E-state index in [2.05, 4.69) is 32.7 Å². The van der Waals surface area contributed by atoms with Crippen molar-refractivity contribution in [3.63, 3.8) is 0 Å². The molecule has 1 saturated heterocycles. The molecule has 0 amide bonds. The van der Waals surface area contributed by atoms with E-state index in [-0.39, 0.29) is 36.7 Å². The third-order valence-electron chi connectivity index (χ3n) is 3.45. The van der Waals surface area contributed by atoms with E-state index in [1.54, 1.807) is 6.07 Å². The number of benzene rings is 1. The van der Waals surface area contributed by atoms with Crippen molar-refractivity contribution >= 4 is 40.7 Å². The van der Waals surface area contributed by atoms with E-state index in [1.165, 1.54) is 6.07 Å². The van der Waals surface area contributed by atoms with Crippen molar-refractivity contribution in [1.29, 1.82) is 0 Å². The molecule has 1 N–H and O–H groups in total.